The molecule has 0 aliphatic heterocycles. The van der Waals surface area contributed by atoms with Gasteiger partial charge in [0.05, 0.1) is 6.61 Å². The molecule has 0 bridgehead atoms. The molecule has 0 aromatic carbocycles. The largest absolute Gasteiger partial charge is 0.465 e. The molecule has 1 fully saturated rings. The van der Waals surface area contributed by atoms with E-state index in [-0.39, 0.29) is 5.97 Å². The SMILES string of the molecule is CCCC(=O)OCC1CC(C)(C)C(C)C1C. The zero-order valence-corrected chi connectivity index (χ0v) is 11.4. The fourth-order valence-electron chi connectivity index (χ4n) is 2.85. The first-order valence-corrected chi connectivity index (χ1v) is 6.54. The number of hydrogen-bond donors (Lipinski definition) is 0. The van der Waals surface area contributed by atoms with Gasteiger partial charge in [-0.25, -0.2) is 0 Å². The molecule has 94 valence electrons. The molecule has 3 unspecified atom stereocenters. The summed E-state index contributed by atoms with van der Waals surface area (Å²) in [6.07, 6.45) is 2.61. The van der Waals surface area contributed by atoms with Crippen LogP contribution in [0.3, 0.4) is 0 Å². The van der Waals surface area contributed by atoms with E-state index in [1.54, 1.807) is 0 Å². The van der Waals surface area contributed by atoms with Gasteiger partial charge in [-0.15, -0.1) is 0 Å². The molecule has 0 aromatic heterocycles. The minimum Gasteiger partial charge on any atom is -0.465 e. The van der Waals surface area contributed by atoms with Crippen molar-refractivity contribution in [1.29, 1.82) is 0 Å². The topological polar surface area (TPSA) is 26.3 Å². The van der Waals surface area contributed by atoms with E-state index in [1.807, 2.05) is 6.92 Å². The zero-order valence-electron chi connectivity index (χ0n) is 11.4. The molecule has 1 rings (SSSR count). The summed E-state index contributed by atoms with van der Waals surface area (Å²) in [5.74, 6) is 1.88. The van der Waals surface area contributed by atoms with Crippen LogP contribution in [0, 0.1) is 23.2 Å². The van der Waals surface area contributed by atoms with Crippen LogP contribution >= 0.6 is 0 Å². The molecule has 3 atom stereocenters. The van der Waals surface area contributed by atoms with Crippen LogP contribution in [0.5, 0.6) is 0 Å². The van der Waals surface area contributed by atoms with Crippen LogP contribution in [0.25, 0.3) is 0 Å². The summed E-state index contributed by atoms with van der Waals surface area (Å²) in [7, 11) is 0. The minimum absolute atomic E-state index is 0.0351. The first-order valence-electron chi connectivity index (χ1n) is 6.54. The second-order valence-electron chi connectivity index (χ2n) is 6.03. The lowest BCUT2D eigenvalue weighted by Crippen LogP contribution is -2.18. The van der Waals surface area contributed by atoms with Gasteiger partial charge in [-0.3, -0.25) is 4.79 Å². The van der Waals surface area contributed by atoms with Gasteiger partial charge < -0.3 is 4.74 Å². The quantitative estimate of drug-likeness (QED) is 0.684. The Kier molecular flexibility index (Phi) is 4.40. The lowest BCUT2D eigenvalue weighted by Gasteiger charge is -2.25. The number of hydrogen-bond acceptors (Lipinski definition) is 2. The highest BCUT2D eigenvalue weighted by molar-refractivity contribution is 5.69. The molecule has 2 nitrogen and oxygen atoms in total. The summed E-state index contributed by atoms with van der Waals surface area (Å²) in [6, 6.07) is 0. The van der Waals surface area contributed by atoms with Gasteiger partial charge in [0, 0.05) is 6.42 Å². The van der Waals surface area contributed by atoms with E-state index in [1.165, 1.54) is 6.42 Å². The Morgan fingerprint density at radius 3 is 2.44 bits per heavy atom. The second kappa shape index (κ2) is 5.20. The Labute approximate surface area is 99.8 Å². The maximum Gasteiger partial charge on any atom is 0.305 e. The lowest BCUT2D eigenvalue weighted by atomic mass is 9.81. The molecule has 1 saturated carbocycles. The molecule has 1 aliphatic rings. The van der Waals surface area contributed by atoms with Crippen LogP contribution in [-0.4, -0.2) is 12.6 Å². The predicted octanol–water partition coefficient (Wildman–Crippen LogP) is 3.65. The van der Waals surface area contributed by atoms with Crippen LogP contribution in [0.15, 0.2) is 0 Å². The summed E-state index contributed by atoms with van der Waals surface area (Å²) < 4.78 is 5.34. The van der Waals surface area contributed by atoms with Crippen molar-refractivity contribution in [2.45, 2.75) is 53.9 Å². The first kappa shape index (κ1) is 13.5. The van der Waals surface area contributed by atoms with Crippen molar-refractivity contribution < 1.29 is 9.53 Å². The van der Waals surface area contributed by atoms with Crippen molar-refractivity contribution in [3.8, 4) is 0 Å². The van der Waals surface area contributed by atoms with Crippen molar-refractivity contribution >= 4 is 5.97 Å². The third-order valence-corrected chi connectivity index (χ3v) is 4.47. The van der Waals surface area contributed by atoms with Gasteiger partial charge in [0.2, 0.25) is 0 Å². The lowest BCUT2D eigenvalue weighted by molar-refractivity contribution is -0.145. The normalized spacial score (nSPS) is 32.7. The number of carbonyl (C=O) groups excluding carboxylic acids is 1. The highest BCUT2D eigenvalue weighted by Gasteiger charge is 2.43. The minimum atomic E-state index is -0.0351. The molecule has 1 aliphatic carbocycles. The third-order valence-electron chi connectivity index (χ3n) is 4.47. The Morgan fingerprint density at radius 1 is 1.38 bits per heavy atom. The highest BCUT2D eigenvalue weighted by Crippen LogP contribution is 2.49. The Morgan fingerprint density at radius 2 is 2.00 bits per heavy atom. The first-order chi connectivity index (χ1) is 7.38. The van der Waals surface area contributed by atoms with Crippen molar-refractivity contribution in [3.05, 3.63) is 0 Å². The Balaban J connectivity index is 2.42. The van der Waals surface area contributed by atoms with Crippen LogP contribution < -0.4 is 0 Å². The van der Waals surface area contributed by atoms with Gasteiger partial charge in [0.25, 0.3) is 0 Å². The molecule has 2 heteroatoms. The number of esters is 1. The van der Waals surface area contributed by atoms with Crippen LogP contribution in [-0.2, 0) is 9.53 Å². The fraction of sp³-hybridized carbons (Fsp3) is 0.929. The van der Waals surface area contributed by atoms with Crippen LogP contribution in [0.1, 0.15) is 53.9 Å². The van der Waals surface area contributed by atoms with Crippen LogP contribution in [0.4, 0.5) is 0 Å². The molecule has 0 N–H and O–H groups in total. The molecule has 16 heavy (non-hydrogen) atoms. The van der Waals surface area contributed by atoms with Crippen molar-refractivity contribution in [3.63, 3.8) is 0 Å². The molecule has 0 aromatic rings. The average molecular weight is 226 g/mol. The summed E-state index contributed by atoms with van der Waals surface area (Å²) in [5, 5.41) is 0. The molecule has 0 heterocycles. The summed E-state index contributed by atoms with van der Waals surface area (Å²) in [6.45, 7) is 11.9. The summed E-state index contributed by atoms with van der Waals surface area (Å²) in [5.41, 5.74) is 0.390. The smallest absolute Gasteiger partial charge is 0.305 e. The van der Waals surface area contributed by atoms with E-state index in [2.05, 4.69) is 27.7 Å². The van der Waals surface area contributed by atoms with E-state index in [4.69, 9.17) is 4.74 Å². The number of rotatable bonds is 4. The zero-order chi connectivity index (χ0) is 12.3. The van der Waals surface area contributed by atoms with Crippen molar-refractivity contribution in [1.82, 2.24) is 0 Å². The van der Waals surface area contributed by atoms with E-state index in [9.17, 15) is 4.79 Å². The van der Waals surface area contributed by atoms with E-state index in [0.29, 0.717) is 36.2 Å². The second-order valence-corrected chi connectivity index (χ2v) is 6.03. The molecular formula is C14H26O2. The van der Waals surface area contributed by atoms with Gasteiger partial charge in [-0.2, -0.15) is 0 Å². The predicted molar refractivity (Wildman–Crippen MR) is 66.1 cm³/mol. The Bertz CT molecular complexity index is 245. The average Bonchev–Trinajstić information content (AvgIpc) is 2.40. The van der Waals surface area contributed by atoms with Crippen molar-refractivity contribution in [2.75, 3.05) is 6.61 Å². The fourth-order valence-corrected chi connectivity index (χ4v) is 2.85. The van der Waals surface area contributed by atoms with Crippen molar-refractivity contribution in [2.24, 2.45) is 23.2 Å². The molecular weight excluding hydrogens is 200 g/mol. The maximum atomic E-state index is 11.3. The van der Waals surface area contributed by atoms with E-state index >= 15 is 0 Å². The standard InChI is InChI=1S/C14H26O2/c1-6-7-13(15)16-9-12-8-14(4,5)11(3)10(12)2/h10-12H,6-9H2,1-5H3. The van der Waals surface area contributed by atoms with Gasteiger partial charge in [-0.05, 0) is 36.0 Å². The van der Waals surface area contributed by atoms with Gasteiger partial charge in [-0.1, -0.05) is 34.6 Å². The third kappa shape index (κ3) is 2.99. The molecule has 0 saturated heterocycles. The number of carbonyl (C=O) groups is 1. The monoisotopic (exact) mass is 226 g/mol. The van der Waals surface area contributed by atoms with Gasteiger partial charge in [0.15, 0.2) is 0 Å². The highest BCUT2D eigenvalue weighted by atomic mass is 16.5. The summed E-state index contributed by atoms with van der Waals surface area (Å²) in [4.78, 5) is 11.3. The Hall–Kier alpha value is -0.530. The van der Waals surface area contributed by atoms with Crippen LogP contribution in [0.2, 0.25) is 0 Å². The van der Waals surface area contributed by atoms with Gasteiger partial charge in [0.1, 0.15) is 0 Å². The van der Waals surface area contributed by atoms with E-state index in [0.717, 1.165) is 6.42 Å². The summed E-state index contributed by atoms with van der Waals surface area (Å²) >= 11 is 0. The molecule has 0 spiro atoms. The van der Waals surface area contributed by atoms with E-state index < -0.39 is 0 Å². The maximum absolute atomic E-state index is 11.3. The molecule has 0 amide bonds. The number of ether oxygens (including phenoxy) is 1. The molecule has 0 radical (unpaired) electrons. The van der Waals surface area contributed by atoms with Gasteiger partial charge >= 0.3 is 5.97 Å².